The number of methoxy groups -OCH3 is 1. The first-order valence-corrected chi connectivity index (χ1v) is 7.64. The summed E-state index contributed by atoms with van der Waals surface area (Å²) in [5, 5.41) is 4.36. The van der Waals surface area contributed by atoms with Gasteiger partial charge in [-0.15, -0.1) is 0 Å². The predicted octanol–water partition coefficient (Wildman–Crippen LogP) is 4.55. The van der Waals surface area contributed by atoms with Crippen molar-refractivity contribution in [3.05, 3.63) is 64.2 Å². The van der Waals surface area contributed by atoms with Crippen LogP contribution in [0.1, 0.15) is 29.7 Å². The van der Waals surface area contributed by atoms with Crippen molar-refractivity contribution in [3.8, 4) is 5.75 Å². The van der Waals surface area contributed by atoms with E-state index in [1.54, 1.807) is 7.11 Å². The van der Waals surface area contributed by atoms with Crippen LogP contribution in [0.3, 0.4) is 0 Å². The Bertz CT molecular complexity index is 580. The smallest absolute Gasteiger partial charge is 0.118 e. The maximum atomic E-state index is 6.26. The van der Waals surface area contributed by atoms with Crippen LogP contribution in [0, 0.1) is 6.92 Å². The van der Waals surface area contributed by atoms with E-state index < -0.39 is 0 Å². The number of likely N-dealkylation sites (N-methyl/N-ethyl adjacent to an activating group) is 1. The van der Waals surface area contributed by atoms with Gasteiger partial charge in [0.25, 0.3) is 0 Å². The highest BCUT2D eigenvalue weighted by Crippen LogP contribution is 2.24. The van der Waals surface area contributed by atoms with E-state index >= 15 is 0 Å². The summed E-state index contributed by atoms with van der Waals surface area (Å²) in [6, 6.07) is 14.8. The van der Waals surface area contributed by atoms with Crippen LogP contribution in [0.25, 0.3) is 0 Å². The van der Waals surface area contributed by atoms with E-state index in [-0.39, 0.29) is 6.04 Å². The van der Waals surface area contributed by atoms with Crippen LogP contribution < -0.4 is 10.1 Å². The number of aryl methyl sites for hydroxylation is 1. The molecular formula is C18H22ClNO. The minimum absolute atomic E-state index is 0.265. The zero-order valence-electron chi connectivity index (χ0n) is 12.8. The van der Waals surface area contributed by atoms with Crippen molar-refractivity contribution in [2.24, 2.45) is 0 Å². The van der Waals surface area contributed by atoms with Gasteiger partial charge < -0.3 is 10.1 Å². The van der Waals surface area contributed by atoms with Crippen molar-refractivity contribution >= 4 is 11.6 Å². The largest absolute Gasteiger partial charge is 0.497 e. The molecule has 112 valence electrons. The third-order valence-corrected chi connectivity index (χ3v) is 4.05. The molecule has 0 bridgehead atoms. The maximum absolute atomic E-state index is 6.26. The van der Waals surface area contributed by atoms with Crippen molar-refractivity contribution in [2.75, 3.05) is 13.7 Å². The van der Waals surface area contributed by atoms with E-state index in [9.17, 15) is 0 Å². The Morgan fingerprint density at radius 1 is 1.14 bits per heavy atom. The number of hydrogen-bond acceptors (Lipinski definition) is 2. The average Bonchev–Trinajstić information content (AvgIpc) is 2.50. The van der Waals surface area contributed by atoms with Gasteiger partial charge in [-0.2, -0.15) is 0 Å². The summed E-state index contributed by atoms with van der Waals surface area (Å²) in [5.41, 5.74) is 3.61. The van der Waals surface area contributed by atoms with Crippen molar-refractivity contribution in [1.82, 2.24) is 5.32 Å². The Kier molecular flexibility index (Phi) is 5.66. The van der Waals surface area contributed by atoms with Crippen LogP contribution in [-0.2, 0) is 6.42 Å². The minimum atomic E-state index is 0.265. The molecule has 1 atom stereocenters. The van der Waals surface area contributed by atoms with Crippen LogP contribution in [0.15, 0.2) is 42.5 Å². The van der Waals surface area contributed by atoms with E-state index in [1.165, 1.54) is 11.1 Å². The highest BCUT2D eigenvalue weighted by atomic mass is 35.5. The molecule has 0 aliphatic heterocycles. The number of rotatable bonds is 6. The molecule has 2 rings (SSSR count). The zero-order valence-corrected chi connectivity index (χ0v) is 13.6. The van der Waals surface area contributed by atoms with E-state index in [1.807, 2.05) is 19.1 Å². The Labute approximate surface area is 132 Å². The number of ether oxygens (including phenoxy) is 1. The lowest BCUT2D eigenvalue weighted by Gasteiger charge is -2.19. The minimum Gasteiger partial charge on any atom is -0.497 e. The summed E-state index contributed by atoms with van der Waals surface area (Å²) in [7, 11) is 1.69. The summed E-state index contributed by atoms with van der Waals surface area (Å²) < 4.78 is 5.20. The van der Waals surface area contributed by atoms with Gasteiger partial charge in [0, 0.05) is 11.1 Å². The molecule has 0 heterocycles. The van der Waals surface area contributed by atoms with Crippen molar-refractivity contribution in [1.29, 1.82) is 0 Å². The van der Waals surface area contributed by atoms with Gasteiger partial charge in [0.1, 0.15) is 5.75 Å². The van der Waals surface area contributed by atoms with Gasteiger partial charge in [0.15, 0.2) is 0 Å². The first-order valence-electron chi connectivity index (χ1n) is 7.26. The summed E-state index contributed by atoms with van der Waals surface area (Å²) in [6.07, 6.45) is 0.928. The molecule has 21 heavy (non-hydrogen) atoms. The van der Waals surface area contributed by atoms with Crippen molar-refractivity contribution < 1.29 is 4.74 Å². The summed E-state index contributed by atoms with van der Waals surface area (Å²) in [6.45, 7) is 5.07. The lowest BCUT2D eigenvalue weighted by molar-refractivity contribution is 0.414. The van der Waals surface area contributed by atoms with Crippen molar-refractivity contribution in [3.63, 3.8) is 0 Å². The topological polar surface area (TPSA) is 21.3 Å². The number of halogens is 1. The van der Waals surface area contributed by atoms with E-state index in [0.717, 1.165) is 29.3 Å². The Morgan fingerprint density at radius 2 is 1.86 bits per heavy atom. The monoisotopic (exact) mass is 303 g/mol. The molecule has 2 aromatic carbocycles. The fourth-order valence-corrected chi connectivity index (χ4v) is 2.57. The first-order chi connectivity index (χ1) is 10.1. The number of hydrogen-bond donors (Lipinski definition) is 1. The van der Waals surface area contributed by atoms with Gasteiger partial charge in [0.05, 0.1) is 7.11 Å². The highest BCUT2D eigenvalue weighted by Gasteiger charge is 2.12. The molecule has 0 fully saturated rings. The maximum Gasteiger partial charge on any atom is 0.118 e. The fourth-order valence-electron chi connectivity index (χ4n) is 2.38. The van der Waals surface area contributed by atoms with Gasteiger partial charge in [-0.1, -0.05) is 42.8 Å². The molecule has 0 spiro atoms. The SMILES string of the molecule is CCNC(Cc1ccc(OC)cc1)c1ccc(C)c(Cl)c1. The second-order valence-corrected chi connectivity index (χ2v) is 5.58. The lowest BCUT2D eigenvalue weighted by atomic mass is 9.98. The van der Waals surface area contributed by atoms with E-state index in [0.29, 0.717) is 0 Å². The lowest BCUT2D eigenvalue weighted by Crippen LogP contribution is -2.23. The molecule has 0 amide bonds. The molecule has 0 aliphatic carbocycles. The standard InChI is InChI=1S/C18H22ClNO/c1-4-20-18(15-8-5-13(2)17(19)12-15)11-14-6-9-16(21-3)10-7-14/h5-10,12,18,20H,4,11H2,1-3H3. The molecule has 0 saturated carbocycles. The van der Waals surface area contributed by atoms with Gasteiger partial charge >= 0.3 is 0 Å². The van der Waals surface area contributed by atoms with E-state index in [2.05, 4.69) is 42.6 Å². The van der Waals surface area contributed by atoms with Gasteiger partial charge in [-0.05, 0) is 54.8 Å². The third kappa shape index (κ3) is 4.23. The first kappa shape index (κ1) is 15.9. The third-order valence-electron chi connectivity index (χ3n) is 3.65. The van der Waals surface area contributed by atoms with Crippen LogP contribution in [0.4, 0.5) is 0 Å². The highest BCUT2D eigenvalue weighted by molar-refractivity contribution is 6.31. The molecule has 1 unspecified atom stereocenters. The molecule has 3 heteroatoms. The molecule has 0 aliphatic rings. The van der Waals surface area contributed by atoms with Crippen LogP contribution in [-0.4, -0.2) is 13.7 Å². The molecular weight excluding hydrogens is 282 g/mol. The second-order valence-electron chi connectivity index (χ2n) is 5.17. The number of nitrogens with one attached hydrogen (secondary N) is 1. The number of benzene rings is 2. The molecule has 2 aromatic rings. The average molecular weight is 304 g/mol. The Morgan fingerprint density at radius 3 is 2.43 bits per heavy atom. The molecule has 0 radical (unpaired) electrons. The van der Waals surface area contributed by atoms with E-state index in [4.69, 9.17) is 16.3 Å². The molecule has 0 aromatic heterocycles. The zero-order chi connectivity index (χ0) is 15.2. The van der Waals surface area contributed by atoms with Crippen LogP contribution in [0.2, 0.25) is 5.02 Å². The quantitative estimate of drug-likeness (QED) is 0.845. The molecule has 2 nitrogen and oxygen atoms in total. The van der Waals surface area contributed by atoms with Crippen molar-refractivity contribution in [2.45, 2.75) is 26.3 Å². The molecule has 0 saturated heterocycles. The summed E-state index contributed by atoms with van der Waals surface area (Å²) >= 11 is 6.26. The van der Waals surface area contributed by atoms with Gasteiger partial charge in [0.2, 0.25) is 0 Å². The van der Waals surface area contributed by atoms with Crippen LogP contribution >= 0.6 is 11.6 Å². The molecule has 1 N–H and O–H groups in total. The Hall–Kier alpha value is -1.51. The Balaban J connectivity index is 2.19. The fraction of sp³-hybridized carbons (Fsp3) is 0.333. The summed E-state index contributed by atoms with van der Waals surface area (Å²) in [5.74, 6) is 0.886. The normalized spacial score (nSPS) is 12.2. The summed E-state index contributed by atoms with van der Waals surface area (Å²) in [4.78, 5) is 0. The van der Waals surface area contributed by atoms with Crippen LogP contribution in [0.5, 0.6) is 5.75 Å². The predicted molar refractivity (Wildman–Crippen MR) is 89.3 cm³/mol. The second kappa shape index (κ2) is 7.48. The van der Waals surface area contributed by atoms with Gasteiger partial charge in [-0.25, -0.2) is 0 Å². The van der Waals surface area contributed by atoms with Gasteiger partial charge in [-0.3, -0.25) is 0 Å².